The Kier molecular flexibility index (Phi) is 3.89. The molecule has 100 valence electrons. The van der Waals surface area contributed by atoms with Crippen molar-refractivity contribution in [3.8, 4) is 0 Å². The molecule has 0 bridgehead atoms. The van der Waals surface area contributed by atoms with Gasteiger partial charge < -0.3 is 4.98 Å². The van der Waals surface area contributed by atoms with Crippen LogP contribution in [0.3, 0.4) is 0 Å². The van der Waals surface area contributed by atoms with E-state index >= 15 is 0 Å². The van der Waals surface area contributed by atoms with E-state index in [9.17, 15) is 9.59 Å². The summed E-state index contributed by atoms with van der Waals surface area (Å²) in [6.07, 6.45) is 0. The summed E-state index contributed by atoms with van der Waals surface area (Å²) in [6.45, 7) is 0. The molecule has 0 saturated carbocycles. The Bertz CT molecular complexity index is 600. The highest BCUT2D eigenvalue weighted by molar-refractivity contribution is 6.76. The van der Waals surface area contributed by atoms with Crippen LogP contribution in [-0.2, 0) is 4.79 Å². The standard InChI is InChI=1S/C11H8Cl3N3O2/c12-11(13,14)10(19)17-16-9(18)8-5-6-3-1-2-4-7(6)15-8/h1-5,15H,(H,16,18)(H,17,19). The van der Waals surface area contributed by atoms with Crippen molar-refractivity contribution in [1.82, 2.24) is 15.8 Å². The first kappa shape index (κ1) is 14.0. The maximum absolute atomic E-state index is 11.8. The zero-order valence-corrected chi connectivity index (χ0v) is 11.6. The van der Waals surface area contributed by atoms with Gasteiger partial charge >= 0.3 is 0 Å². The number of hydrazine groups is 1. The van der Waals surface area contributed by atoms with E-state index in [2.05, 4.69) is 10.4 Å². The van der Waals surface area contributed by atoms with Crippen molar-refractivity contribution >= 4 is 57.5 Å². The van der Waals surface area contributed by atoms with Crippen molar-refractivity contribution in [3.05, 3.63) is 36.0 Å². The molecule has 8 heteroatoms. The number of nitrogens with one attached hydrogen (secondary N) is 3. The topological polar surface area (TPSA) is 74.0 Å². The van der Waals surface area contributed by atoms with Crippen molar-refractivity contribution in [2.75, 3.05) is 0 Å². The zero-order valence-electron chi connectivity index (χ0n) is 9.34. The third-order valence-electron chi connectivity index (χ3n) is 2.32. The minimum atomic E-state index is -2.13. The number of carbonyl (C=O) groups is 2. The molecule has 0 aliphatic rings. The quantitative estimate of drug-likeness (QED) is 0.557. The van der Waals surface area contributed by atoms with Crippen LogP contribution in [0.1, 0.15) is 10.5 Å². The lowest BCUT2D eigenvalue weighted by Gasteiger charge is -2.11. The molecule has 19 heavy (non-hydrogen) atoms. The summed E-state index contributed by atoms with van der Waals surface area (Å²) in [4.78, 5) is 25.9. The summed E-state index contributed by atoms with van der Waals surface area (Å²) in [5, 5.41) is 0.875. The molecule has 2 rings (SSSR count). The minimum absolute atomic E-state index is 0.283. The Balaban J connectivity index is 2.06. The van der Waals surface area contributed by atoms with E-state index < -0.39 is 15.6 Å². The maximum atomic E-state index is 11.8. The molecule has 0 aliphatic carbocycles. The van der Waals surface area contributed by atoms with Gasteiger partial charge in [-0.15, -0.1) is 0 Å². The summed E-state index contributed by atoms with van der Waals surface area (Å²) < 4.78 is -2.13. The lowest BCUT2D eigenvalue weighted by molar-refractivity contribution is -0.120. The molecule has 0 saturated heterocycles. The molecular weight excluding hydrogens is 312 g/mol. The molecule has 0 atom stereocenters. The summed E-state index contributed by atoms with van der Waals surface area (Å²) in [6, 6.07) is 9.01. The van der Waals surface area contributed by atoms with Crippen molar-refractivity contribution in [3.63, 3.8) is 0 Å². The third kappa shape index (κ3) is 3.32. The fourth-order valence-corrected chi connectivity index (χ4v) is 1.59. The van der Waals surface area contributed by atoms with Gasteiger partial charge in [-0.05, 0) is 12.1 Å². The molecular formula is C11H8Cl3N3O2. The van der Waals surface area contributed by atoms with Gasteiger partial charge in [0.1, 0.15) is 5.69 Å². The number of benzene rings is 1. The number of rotatable bonds is 1. The molecule has 1 aromatic heterocycles. The molecule has 1 heterocycles. The van der Waals surface area contributed by atoms with Gasteiger partial charge in [-0.3, -0.25) is 20.4 Å². The Hall–Kier alpha value is -1.43. The fraction of sp³-hybridized carbons (Fsp3) is 0.0909. The number of aromatic amines is 1. The van der Waals surface area contributed by atoms with E-state index in [1.807, 2.05) is 29.7 Å². The number of para-hydroxylation sites is 1. The second kappa shape index (κ2) is 5.28. The first-order valence-corrected chi connectivity index (χ1v) is 6.26. The number of aromatic nitrogens is 1. The largest absolute Gasteiger partial charge is 0.350 e. The van der Waals surface area contributed by atoms with Crippen LogP contribution in [0.15, 0.2) is 30.3 Å². The summed E-state index contributed by atoms with van der Waals surface area (Å²) in [5.41, 5.74) is 5.24. The number of halogens is 3. The zero-order chi connectivity index (χ0) is 14.0. The Morgan fingerprint density at radius 3 is 2.42 bits per heavy atom. The van der Waals surface area contributed by atoms with Crippen LogP contribution >= 0.6 is 34.8 Å². The minimum Gasteiger partial charge on any atom is -0.350 e. The SMILES string of the molecule is O=C(NNC(=O)C(Cl)(Cl)Cl)c1cc2ccccc2[nH]1. The predicted molar refractivity (Wildman–Crippen MR) is 74.2 cm³/mol. The summed E-state index contributed by atoms with van der Waals surface area (Å²) >= 11 is 16.0. The van der Waals surface area contributed by atoms with E-state index in [1.165, 1.54) is 0 Å². The fourth-order valence-electron chi connectivity index (χ4n) is 1.45. The lowest BCUT2D eigenvalue weighted by Crippen LogP contribution is -2.46. The molecule has 0 radical (unpaired) electrons. The summed E-state index contributed by atoms with van der Waals surface area (Å²) in [7, 11) is 0. The molecule has 0 spiro atoms. The number of alkyl halides is 3. The van der Waals surface area contributed by atoms with Gasteiger partial charge in [0.2, 0.25) is 0 Å². The van der Waals surface area contributed by atoms with Gasteiger partial charge in [0, 0.05) is 10.9 Å². The number of hydrogen-bond donors (Lipinski definition) is 3. The average Bonchev–Trinajstić information content (AvgIpc) is 2.78. The highest BCUT2D eigenvalue weighted by atomic mass is 35.6. The van der Waals surface area contributed by atoms with Crippen LogP contribution in [-0.4, -0.2) is 20.6 Å². The van der Waals surface area contributed by atoms with E-state index in [-0.39, 0.29) is 5.69 Å². The summed E-state index contributed by atoms with van der Waals surface area (Å²) in [5.74, 6) is -1.49. The van der Waals surface area contributed by atoms with E-state index in [0.717, 1.165) is 10.9 Å². The number of hydrogen-bond acceptors (Lipinski definition) is 2. The first-order chi connectivity index (χ1) is 8.88. The van der Waals surface area contributed by atoms with Gasteiger partial charge in [-0.25, -0.2) is 0 Å². The molecule has 3 N–H and O–H groups in total. The van der Waals surface area contributed by atoms with Crippen molar-refractivity contribution in [1.29, 1.82) is 0 Å². The molecule has 0 fully saturated rings. The Labute approximate surface area is 123 Å². The molecule has 2 aromatic rings. The van der Waals surface area contributed by atoms with Gasteiger partial charge in [0.05, 0.1) is 0 Å². The van der Waals surface area contributed by atoms with Gasteiger partial charge in [-0.1, -0.05) is 53.0 Å². The smallest absolute Gasteiger partial charge is 0.290 e. The van der Waals surface area contributed by atoms with Gasteiger partial charge in [-0.2, -0.15) is 0 Å². The van der Waals surface area contributed by atoms with Crippen molar-refractivity contribution in [2.24, 2.45) is 0 Å². The van der Waals surface area contributed by atoms with Gasteiger partial charge in [0.25, 0.3) is 15.6 Å². The highest BCUT2D eigenvalue weighted by Crippen LogP contribution is 2.25. The Morgan fingerprint density at radius 1 is 1.11 bits per heavy atom. The van der Waals surface area contributed by atoms with Crippen molar-refractivity contribution < 1.29 is 9.59 Å². The number of H-pyrrole nitrogens is 1. The second-order valence-electron chi connectivity index (χ2n) is 3.68. The lowest BCUT2D eigenvalue weighted by atomic mass is 10.2. The molecule has 5 nitrogen and oxygen atoms in total. The van der Waals surface area contributed by atoms with Crippen LogP contribution in [0.25, 0.3) is 10.9 Å². The molecule has 0 unspecified atom stereocenters. The number of carbonyl (C=O) groups excluding carboxylic acids is 2. The molecule has 1 aromatic carbocycles. The van der Waals surface area contributed by atoms with Gasteiger partial charge in [0.15, 0.2) is 0 Å². The van der Waals surface area contributed by atoms with Crippen molar-refractivity contribution in [2.45, 2.75) is 3.79 Å². The first-order valence-electron chi connectivity index (χ1n) is 5.13. The normalized spacial score (nSPS) is 11.3. The third-order valence-corrected chi connectivity index (χ3v) is 2.84. The number of fused-ring (bicyclic) bond motifs is 1. The monoisotopic (exact) mass is 319 g/mol. The predicted octanol–water partition coefficient (Wildman–Crippen LogP) is 2.30. The van der Waals surface area contributed by atoms with Crippen LogP contribution in [0.5, 0.6) is 0 Å². The molecule has 0 aliphatic heterocycles. The van der Waals surface area contributed by atoms with Crippen LogP contribution < -0.4 is 10.9 Å². The van der Waals surface area contributed by atoms with Crippen LogP contribution in [0.4, 0.5) is 0 Å². The van der Waals surface area contributed by atoms with E-state index in [1.54, 1.807) is 6.07 Å². The average molecular weight is 321 g/mol. The molecule has 2 amide bonds. The van der Waals surface area contributed by atoms with E-state index in [4.69, 9.17) is 34.8 Å². The number of amides is 2. The van der Waals surface area contributed by atoms with E-state index in [0.29, 0.717) is 0 Å². The Morgan fingerprint density at radius 2 is 1.79 bits per heavy atom. The maximum Gasteiger partial charge on any atom is 0.290 e. The van der Waals surface area contributed by atoms with Crippen LogP contribution in [0, 0.1) is 0 Å². The second-order valence-corrected chi connectivity index (χ2v) is 5.96. The highest BCUT2D eigenvalue weighted by Gasteiger charge is 2.30. The van der Waals surface area contributed by atoms with Crippen LogP contribution in [0.2, 0.25) is 0 Å².